The number of aliphatic hydroxyl groups is 1. The first-order chi connectivity index (χ1) is 12.0. The summed E-state index contributed by atoms with van der Waals surface area (Å²) in [5, 5.41) is 10.4. The number of aliphatic hydroxyl groups excluding tert-OH is 1. The summed E-state index contributed by atoms with van der Waals surface area (Å²) in [4.78, 5) is 18.2. The molecule has 4 aliphatic carbocycles. The zero-order valence-corrected chi connectivity index (χ0v) is 16.4. The number of allylic oxidation sites excluding steroid dienone is 1. The lowest BCUT2D eigenvalue weighted by atomic mass is 9.48. The Morgan fingerprint density at radius 3 is 2.65 bits per heavy atom. The van der Waals surface area contributed by atoms with Crippen molar-refractivity contribution >= 4 is 7.82 Å². The van der Waals surface area contributed by atoms with Gasteiger partial charge in [-0.1, -0.05) is 25.5 Å². The van der Waals surface area contributed by atoms with Crippen molar-refractivity contribution in [2.75, 3.05) is 0 Å². The lowest BCUT2D eigenvalue weighted by Crippen LogP contribution is -2.51. The van der Waals surface area contributed by atoms with Gasteiger partial charge in [-0.2, -0.15) is 0 Å². The van der Waals surface area contributed by atoms with Crippen molar-refractivity contribution in [3.05, 3.63) is 11.6 Å². The van der Waals surface area contributed by atoms with Crippen LogP contribution in [0.3, 0.4) is 0 Å². The van der Waals surface area contributed by atoms with Crippen LogP contribution >= 0.6 is 7.82 Å². The highest BCUT2D eigenvalue weighted by molar-refractivity contribution is 7.46. The van der Waals surface area contributed by atoms with E-state index >= 15 is 0 Å². The summed E-state index contributed by atoms with van der Waals surface area (Å²) in [7, 11) is -4.47. The van der Waals surface area contributed by atoms with E-state index in [-0.39, 0.29) is 16.7 Å². The zero-order chi connectivity index (χ0) is 18.9. The van der Waals surface area contributed by atoms with E-state index < -0.39 is 26.2 Å². The van der Waals surface area contributed by atoms with Crippen LogP contribution in [0.25, 0.3) is 0 Å². The number of fused-ring (bicyclic) bond motifs is 5. The summed E-state index contributed by atoms with van der Waals surface area (Å²) < 4.78 is 30.5. The monoisotopic (exact) mass is 388 g/mol. The molecule has 0 saturated heterocycles. The van der Waals surface area contributed by atoms with Crippen LogP contribution in [-0.2, 0) is 9.09 Å². The zero-order valence-electron chi connectivity index (χ0n) is 15.5. The van der Waals surface area contributed by atoms with E-state index in [9.17, 15) is 14.1 Å². The third kappa shape index (κ3) is 2.84. The van der Waals surface area contributed by atoms with Gasteiger partial charge >= 0.3 is 7.82 Å². The molecule has 0 bridgehead atoms. The topological polar surface area (TPSA) is 87.0 Å². The predicted molar refractivity (Wildman–Crippen MR) is 94.9 cm³/mol. The van der Waals surface area contributed by atoms with Gasteiger partial charge in [0.2, 0.25) is 0 Å². The molecule has 3 N–H and O–H groups in total. The molecule has 0 unspecified atom stereocenters. The highest BCUT2D eigenvalue weighted by Gasteiger charge is 2.61. The fourth-order valence-corrected chi connectivity index (χ4v) is 7.42. The van der Waals surface area contributed by atoms with Crippen molar-refractivity contribution in [1.29, 1.82) is 0 Å². The standard InChI is InChI=1S/C19H30FO5P/c1-18-7-5-12(25-26(22,23)24)9-11(18)3-4-13-14(18)6-8-19(2)15(13)10-16(20)17(19)21/h3,12-17,21H,4-10H2,1-2H3,(H2,22,23,24)/t12-,13+,14-,15-,16+,17-,18-,19-/m0/s1. The maximum Gasteiger partial charge on any atom is 0.469 e. The van der Waals surface area contributed by atoms with Crippen molar-refractivity contribution in [1.82, 2.24) is 0 Å². The first kappa shape index (κ1) is 19.1. The molecule has 0 aromatic heterocycles. The molecule has 0 aromatic rings. The number of hydrogen-bond donors (Lipinski definition) is 3. The molecule has 0 aliphatic heterocycles. The van der Waals surface area contributed by atoms with Gasteiger partial charge in [0.1, 0.15) is 6.17 Å². The van der Waals surface area contributed by atoms with Gasteiger partial charge < -0.3 is 14.9 Å². The number of phosphoric ester groups is 1. The molecule has 5 nitrogen and oxygen atoms in total. The van der Waals surface area contributed by atoms with E-state index in [1.54, 1.807) is 0 Å². The molecule has 3 fully saturated rings. The summed E-state index contributed by atoms with van der Waals surface area (Å²) >= 11 is 0. The van der Waals surface area contributed by atoms with Crippen molar-refractivity contribution in [2.24, 2.45) is 28.6 Å². The van der Waals surface area contributed by atoms with Crippen LogP contribution in [0.2, 0.25) is 0 Å². The Hall–Kier alpha value is -0.260. The number of phosphoric acid groups is 1. The Bertz CT molecular complexity index is 662. The molecule has 4 aliphatic rings. The van der Waals surface area contributed by atoms with E-state index in [2.05, 4.69) is 19.9 Å². The molecule has 0 heterocycles. The molecular weight excluding hydrogens is 358 g/mol. The fourth-order valence-electron chi connectivity index (χ4n) is 6.86. The number of rotatable bonds is 2. The van der Waals surface area contributed by atoms with Gasteiger partial charge in [0, 0.05) is 0 Å². The summed E-state index contributed by atoms with van der Waals surface area (Å²) in [6.45, 7) is 4.33. The summed E-state index contributed by atoms with van der Waals surface area (Å²) in [5.74, 6) is 1.05. The molecule has 0 amide bonds. The molecule has 4 rings (SSSR count). The number of alkyl halides is 1. The molecule has 8 atom stereocenters. The molecular formula is C19H30FO5P. The Morgan fingerprint density at radius 1 is 1.23 bits per heavy atom. The largest absolute Gasteiger partial charge is 0.469 e. The minimum absolute atomic E-state index is 0.00163. The van der Waals surface area contributed by atoms with Crippen LogP contribution in [0.4, 0.5) is 4.39 Å². The summed E-state index contributed by atoms with van der Waals surface area (Å²) in [6.07, 6.45) is 5.05. The van der Waals surface area contributed by atoms with Gasteiger partial charge in [0.15, 0.2) is 0 Å². The lowest BCUT2D eigenvalue weighted by Gasteiger charge is -2.57. The van der Waals surface area contributed by atoms with Gasteiger partial charge in [-0.3, -0.25) is 4.52 Å². The molecule has 3 saturated carbocycles. The Labute approximate surface area is 154 Å². The second-order valence-corrected chi connectivity index (χ2v) is 10.7. The molecule has 0 aromatic carbocycles. The molecule has 0 spiro atoms. The van der Waals surface area contributed by atoms with Gasteiger partial charge in [0.05, 0.1) is 12.2 Å². The van der Waals surface area contributed by atoms with E-state index in [4.69, 9.17) is 14.3 Å². The van der Waals surface area contributed by atoms with Gasteiger partial charge in [-0.05, 0) is 73.5 Å². The van der Waals surface area contributed by atoms with Gasteiger partial charge in [-0.25, -0.2) is 8.96 Å². The maximum absolute atomic E-state index is 14.3. The van der Waals surface area contributed by atoms with Gasteiger partial charge in [0.25, 0.3) is 0 Å². The number of hydrogen-bond acceptors (Lipinski definition) is 3. The number of halogens is 1. The Morgan fingerprint density at radius 2 is 1.96 bits per heavy atom. The lowest BCUT2D eigenvalue weighted by molar-refractivity contribution is -0.0760. The fraction of sp³-hybridized carbons (Fsp3) is 0.895. The summed E-state index contributed by atoms with van der Waals surface area (Å²) in [6, 6.07) is 0. The second kappa shape index (κ2) is 6.12. The SMILES string of the molecule is C[C@]12CC[C@H]3[C@@H](CC=C4C[C@@H](OP(=O)(O)O)CC[C@@]43C)[C@@H]1C[C@@H](F)[C@@H]2O. The van der Waals surface area contributed by atoms with Crippen LogP contribution in [0.1, 0.15) is 58.8 Å². The third-order valence-electron chi connectivity index (χ3n) is 8.28. The quantitative estimate of drug-likeness (QED) is 0.496. The first-order valence-corrected chi connectivity index (χ1v) is 11.3. The van der Waals surface area contributed by atoms with E-state index in [0.29, 0.717) is 31.1 Å². The molecule has 7 heteroatoms. The minimum Gasteiger partial charge on any atom is -0.390 e. The second-order valence-electron chi connectivity index (χ2n) is 9.46. The molecule has 26 heavy (non-hydrogen) atoms. The first-order valence-electron chi connectivity index (χ1n) is 9.80. The Balaban J connectivity index is 1.58. The van der Waals surface area contributed by atoms with Crippen molar-refractivity contribution in [3.8, 4) is 0 Å². The average molecular weight is 388 g/mol. The van der Waals surface area contributed by atoms with E-state index in [1.165, 1.54) is 5.57 Å². The van der Waals surface area contributed by atoms with Crippen LogP contribution in [0.5, 0.6) is 0 Å². The van der Waals surface area contributed by atoms with E-state index in [1.807, 2.05) is 0 Å². The third-order valence-corrected chi connectivity index (χ3v) is 8.85. The minimum atomic E-state index is -4.47. The Kier molecular flexibility index (Phi) is 4.49. The molecule has 0 radical (unpaired) electrons. The van der Waals surface area contributed by atoms with Crippen molar-refractivity contribution < 1.29 is 28.4 Å². The highest BCUT2D eigenvalue weighted by Crippen LogP contribution is 2.65. The van der Waals surface area contributed by atoms with E-state index in [0.717, 1.165) is 25.7 Å². The summed E-state index contributed by atoms with van der Waals surface area (Å²) in [5.41, 5.74) is 0.934. The predicted octanol–water partition coefficient (Wildman–Crippen LogP) is 3.74. The maximum atomic E-state index is 14.3. The molecule has 148 valence electrons. The smallest absolute Gasteiger partial charge is 0.390 e. The van der Waals surface area contributed by atoms with Crippen LogP contribution in [0.15, 0.2) is 11.6 Å². The van der Waals surface area contributed by atoms with Crippen LogP contribution in [0, 0.1) is 28.6 Å². The van der Waals surface area contributed by atoms with Crippen molar-refractivity contribution in [2.45, 2.75) is 77.2 Å². The van der Waals surface area contributed by atoms with Crippen molar-refractivity contribution in [3.63, 3.8) is 0 Å². The average Bonchev–Trinajstić information content (AvgIpc) is 2.77. The normalized spacial score (nSPS) is 51.2. The van der Waals surface area contributed by atoms with Gasteiger partial charge in [-0.15, -0.1) is 0 Å². The van der Waals surface area contributed by atoms with Crippen LogP contribution in [-0.4, -0.2) is 33.3 Å². The highest BCUT2D eigenvalue weighted by atomic mass is 31.2. The van der Waals surface area contributed by atoms with Crippen LogP contribution < -0.4 is 0 Å².